The van der Waals surface area contributed by atoms with Crippen molar-refractivity contribution < 1.29 is 18.7 Å². The topological polar surface area (TPSA) is 63.1 Å². The monoisotopic (exact) mass is 230 g/mol. The highest BCUT2D eigenvalue weighted by atomic mass is 19.3. The highest BCUT2D eigenvalue weighted by Gasteiger charge is 2.20. The van der Waals surface area contributed by atoms with Gasteiger partial charge in [0.1, 0.15) is 17.1 Å². The lowest BCUT2D eigenvalue weighted by Gasteiger charge is -2.05. The molecule has 0 saturated heterocycles. The van der Waals surface area contributed by atoms with Gasteiger partial charge in [-0.05, 0) is 6.42 Å². The lowest BCUT2D eigenvalue weighted by atomic mass is 10.2. The summed E-state index contributed by atoms with van der Waals surface area (Å²) >= 11 is 0. The molecular weight excluding hydrogens is 218 g/mol. The molecule has 1 aromatic rings. The van der Waals surface area contributed by atoms with Gasteiger partial charge in [0.25, 0.3) is 6.43 Å². The Balaban J connectivity index is 3.02. The molecule has 0 bridgehead atoms. The summed E-state index contributed by atoms with van der Waals surface area (Å²) in [7, 11) is 0. The number of rotatable bonds is 5. The Hall–Kier alpha value is -1.59. The summed E-state index contributed by atoms with van der Waals surface area (Å²) in [6, 6.07) is 0. The van der Waals surface area contributed by atoms with Crippen molar-refractivity contribution in [2.75, 3.05) is 0 Å². The van der Waals surface area contributed by atoms with Crippen molar-refractivity contribution in [3.63, 3.8) is 0 Å². The van der Waals surface area contributed by atoms with Gasteiger partial charge >= 0.3 is 5.97 Å². The molecule has 0 radical (unpaired) electrons. The molecule has 4 nitrogen and oxygen atoms in total. The Bertz CT molecular complexity index is 383. The minimum Gasteiger partial charge on any atom is -0.478 e. The summed E-state index contributed by atoms with van der Waals surface area (Å²) in [6.07, 6.45) is 0.218. The molecule has 1 heterocycles. The van der Waals surface area contributed by atoms with Gasteiger partial charge in [-0.25, -0.2) is 23.5 Å². The summed E-state index contributed by atoms with van der Waals surface area (Å²) in [4.78, 5) is 18.0. The second-order valence-corrected chi connectivity index (χ2v) is 3.29. The van der Waals surface area contributed by atoms with Gasteiger partial charge in [0.2, 0.25) is 0 Å². The average molecular weight is 230 g/mol. The molecule has 0 aromatic carbocycles. The first-order valence-electron chi connectivity index (χ1n) is 4.93. The van der Waals surface area contributed by atoms with Gasteiger partial charge in [-0.1, -0.05) is 13.3 Å². The molecule has 1 aromatic heterocycles. The van der Waals surface area contributed by atoms with Gasteiger partial charge in [-0.2, -0.15) is 0 Å². The summed E-state index contributed by atoms with van der Waals surface area (Å²) in [6.45, 7) is 1.96. The van der Waals surface area contributed by atoms with Crippen molar-refractivity contribution in [2.24, 2.45) is 0 Å². The van der Waals surface area contributed by atoms with Gasteiger partial charge in [0.05, 0.1) is 0 Å². The summed E-state index contributed by atoms with van der Waals surface area (Å²) in [5.74, 6) is -1.17. The van der Waals surface area contributed by atoms with E-state index in [1.54, 1.807) is 0 Å². The van der Waals surface area contributed by atoms with E-state index < -0.39 is 23.7 Å². The molecule has 0 fully saturated rings. The van der Waals surface area contributed by atoms with Crippen LogP contribution in [0.25, 0.3) is 0 Å². The molecule has 0 aliphatic rings. The second-order valence-electron chi connectivity index (χ2n) is 3.29. The van der Waals surface area contributed by atoms with E-state index in [0.29, 0.717) is 6.42 Å². The van der Waals surface area contributed by atoms with E-state index in [-0.39, 0.29) is 5.82 Å². The van der Waals surface area contributed by atoms with E-state index in [4.69, 9.17) is 5.11 Å². The molecule has 0 unspecified atom stereocenters. The van der Waals surface area contributed by atoms with Crippen LogP contribution in [0.3, 0.4) is 0 Å². The van der Waals surface area contributed by atoms with E-state index in [1.165, 1.54) is 0 Å². The number of aromatic nitrogens is 2. The highest BCUT2D eigenvalue weighted by Crippen LogP contribution is 2.20. The fourth-order valence-electron chi connectivity index (χ4n) is 1.22. The zero-order chi connectivity index (χ0) is 12.1. The van der Waals surface area contributed by atoms with E-state index >= 15 is 0 Å². The van der Waals surface area contributed by atoms with Crippen molar-refractivity contribution in [2.45, 2.75) is 32.6 Å². The first kappa shape index (κ1) is 12.5. The fourth-order valence-corrected chi connectivity index (χ4v) is 1.22. The maximum absolute atomic E-state index is 12.5. The minimum absolute atomic E-state index is 0.266. The number of alkyl halides is 2. The Morgan fingerprint density at radius 2 is 2.25 bits per heavy atom. The van der Waals surface area contributed by atoms with Crippen LogP contribution in [0.5, 0.6) is 0 Å². The second kappa shape index (κ2) is 5.48. The Labute approximate surface area is 91.3 Å². The normalized spacial score (nSPS) is 10.8. The van der Waals surface area contributed by atoms with Gasteiger partial charge in [-0.3, -0.25) is 0 Å². The molecule has 16 heavy (non-hydrogen) atoms. The molecule has 0 spiro atoms. The number of carboxylic acids is 1. The zero-order valence-corrected chi connectivity index (χ0v) is 8.78. The van der Waals surface area contributed by atoms with Crippen LogP contribution >= 0.6 is 0 Å². The SMILES string of the molecule is CCCCc1ncc(C(=O)O)c(C(F)F)n1. The van der Waals surface area contributed by atoms with Gasteiger partial charge in [0, 0.05) is 12.6 Å². The summed E-state index contributed by atoms with van der Waals surface area (Å²) < 4.78 is 25.1. The quantitative estimate of drug-likeness (QED) is 0.843. The van der Waals surface area contributed by atoms with Crippen molar-refractivity contribution >= 4 is 5.97 Å². The van der Waals surface area contributed by atoms with E-state index in [2.05, 4.69) is 9.97 Å². The highest BCUT2D eigenvalue weighted by molar-refractivity contribution is 5.88. The van der Waals surface area contributed by atoms with Crippen molar-refractivity contribution in [1.82, 2.24) is 9.97 Å². The number of aryl methyl sites for hydroxylation is 1. The molecular formula is C10H12F2N2O2. The first-order valence-corrected chi connectivity index (χ1v) is 4.93. The van der Waals surface area contributed by atoms with Crippen LogP contribution in [0.2, 0.25) is 0 Å². The molecule has 0 aliphatic carbocycles. The predicted molar refractivity (Wildman–Crippen MR) is 52.6 cm³/mol. The molecule has 0 aliphatic heterocycles. The Kier molecular flexibility index (Phi) is 4.28. The number of carbonyl (C=O) groups is 1. The minimum atomic E-state index is -2.89. The first-order chi connectivity index (χ1) is 7.56. The Morgan fingerprint density at radius 3 is 2.75 bits per heavy atom. The lowest BCUT2D eigenvalue weighted by molar-refractivity contribution is 0.0681. The largest absolute Gasteiger partial charge is 0.478 e. The van der Waals surface area contributed by atoms with Crippen LogP contribution in [0.15, 0.2) is 6.20 Å². The molecule has 0 amide bonds. The van der Waals surface area contributed by atoms with Crippen LogP contribution in [-0.4, -0.2) is 21.0 Å². The average Bonchev–Trinajstić information content (AvgIpc) is 2.25. The Morgan fingerprint density at radius 1 is 1.56 bits per heavy atom. The van der Waals surface area contributed by atoms with E-state index in [1.807, 2.05) is 6.92 Å². The molecule has 1 N–H and O–H groups in total. The van der Waals surface area contributed by atoms with Crippen molar-refractivity contribution in [3.05, 3.63) is 23.3 Å². The van der Waals surface area contributed by atoms with Crippen LogP contribution in [0, 0.1) is 0 Å². The maximum Gasteiger partial charge on any atom is 0.339 e. The number of halogens is 2. The number of unbranched alkanes of at least 4 members (excludes halogenated alkanes) is 1. The number of hydrogen-bond donors (Lipinski definition) is 1. The number of carboxylic acid groups (broad SMARTS) is 1. The van der Waals surface area contributed by atoms with E-state index in [9.17, 15) is 13.6 Å². The number of aromatic carboxylic acids is 1. The standard InChI is InChI=1S/C10H12F2N2O2/c1-2-3-4-7-13-5-6(10(15)16)8(14-7)9(11)12/h5,9H,2-4H2,1H3,(H,15,16). The summed E-state index contributed by atoms with van der Waals surface area (Å²) in [5, 5.41) is 8.67. The zero-order valence-electron chi connectivity index (χ0n) is 8.78. The molecule has 6 heteroatoms. The number of nitrogens with zero attached hydrogens (tertiary/aromatic N) is 2. The van der Waals surface area contributed by atoms with Gasteiger partial charge < -0.3 is 5.11 Å². The third-order valence-electron chi connectivity index (χ3n) is 2.06. The molecule has 88 valence electrons. The van der Waals surface area contributed by atoms with Crippen LogP contribution in [0.4, 0.5) is 8.78 Å². The third-order valence-corrected chi connectivity index (χ3v) is 2.06. The van der Waals surface area contributed by atoms with Gasteiger partial charge in [-0.15, -0.1) is 0 Å². The number of hydrogen-bond acceptors (Lipinski definition) is 3. The molecule has 1 rings (SSSR count). The van der Waals surface area contributed by atoms with Crippen molar-refractivity contribution in [1.29, 1.82) is 0 Å². The molecule has 0 atom stereocenters. The lowest BCUT2D eigenvalue weighted by Crippen LogP contribution is -2.09. The third kappa shape index (κ3) is 2.95. The molecule has 0 saturated carbocycles. The fraction of sp³-hybridized carbons (Fsp3) is 0.500. The van der Waals surface area contributed by atoms with Crippen LogP contribution in [-0.2, 0) is 6.42 Å². The summed E-state index contributed by atoms with van der Waals surface area (Å²) in [5.41, 5.74) is -1.23. The van der Waals surface area contributed by atoms with Crippen LogP contribution < -0.4 is 0 Å². The van der Waals surface area contributed by atoms with Crippen LogP contribution in [0.1, 0.15) is 48.1 Å². The van der Waals surface area contributed by atoms with E-state index in [0.717, 1.165) is 19.0 Å². The smallest absolute Gasteiger partial charge is 0.339 e. The van der Waals surface area contributed by atoms with Crippen molar-refractivity contribution in [3.8, 4) is 0 Å². The van der Waals surface area contributed by atoms with Gasteiger partial charge in [0.15, 0.2) is 0 Å². The predicted octanol–water partition coefficient (Wildman–Crippen LogP) is 2.46. The maximum atomic E-state index is 12.5.